The molecule has 0 saturated carbocycles. The molecule has 1 unspecified atom stereocenters. The lowest BCUT2D eigenvalue weighted by molar-refractivity contribution is 0.100. The molecule has 2 bridgehead atoms. The third-order valence-corrected chi connectivity index (χ3v) is 7.68. The number of hydrogen-bond acceptors (Lipinski definition) is 9. The molecule has 0 aliphatic carbocycles. The highest BCUT2D eigenvalue weighted by molar-refractivity contribution is 7.92. The van der Waals surface area contributed by atoms with Crippen LogP contribution in [0.2, 0.25) is 0 Å². The summed E-state index contributed by atoms with van der Waals surface area (Å²) in [5.74, 6) is 0.997. The van der Waals surface area contributed by atoms with E-state index in [1.165, 1.54) is 0 Å². The van der Waals surface area contributed by atoms with Crippen LogP contribution in [0.3, 0.4) is 0 Å². The largest absolute Gasteiger partial charge is 0.477 e. The van der Waals surface area contributed by atoms with Gasteiger partial charge in [-0.25, -0.2) is 8.89 Å². The number of nitrogens with one attached hydrogen (secondary N) is 2. The first-order chi connectivity index (χ1) is 20.0. The lowest BCUT2D eigenvalue weighted by Crippen LogP contribution is -2.35. The number of rotatable bonds is 5. The number of hydrogen-bond donors (Lipinski definition) is 2. The molecule has 0 spiro atoms. The zero-order valence-electron chi connectivity index (χ0n) is 25.2. The SMILES string of the molecule is Cc1cc2cc(n1)-c1cnn(CCNC(C)C)c1OCCCC(C)CN1/C(=N/C2=O)Nc2ccc(N=S(C)(C)=O)cc21. The highest BCUT2D eigenvalue weighted by Gasteiger charge is 2.29. The van der Waals surface area contributed by atoms with Crippen LogP contribution in [0.25, 0.3) is 11.3 Å². The molecule has 1 amide bonds. The third-order valence-electron chi connectivity index (χ3n) is 7.02. The number of carbonyl (C=O) groups is 1. The van der Waals surface area contributed by atoms with Crippen molar-refractivity contribution in [2.75, 3.05) is 42.4 Å². The molecule has 11 nitrogen and oxygen atoms in total. The maximum absolute atomic E-state index is 13.6. The smallest absolute Gasteiger partial charge is 0.280 e. The second-order valence-corrected chi connectivity index (χ2v) is 14.2. The number of nitrogens with zero attached hydrogens (tertiary/aromatic N) is 6. The highest BCUT2D eigenvalue weighted by atomic mass is 32.2. The molecule has 224 valence electrons. The predicted octanol–water partition coefficient (Wildman–Crippen LogP) is 4.85. The van der Waals surface area contributed by atoms with E-state index < -0.39 is 9.73 Å². The molecular weight excluding hydrogens is 552 g/mol. The molecule has 1 aromatic carbocycles. The lowest BCUT2D eigenvalue weighted by Gasteiger charge is -2.23. The van der Waals surface area contributed by atoms with Crippen LogP contribution in [0.5, 0.6) is 5.88 Å². The number of fused-ring (bicyclic) bond motifs is 7. The summed E-state index contributed by atoms with van der Waals surface area (Å²) < 4.78 is 25.0. The molecule has 4 heterocycles. The van der Waals surface area contributed by atoms with Gasteiger partial charge in [-0.05, 0) is 56.0 Å². The maximum Gasteiger partial charge on any atom is 0.280 e. The second-order valence-electron chi connectivity index (χ2n) is 11.6. The number of anilines is 2. The first kappa shape index (κ1) is 29.7. The van der Waals surface area contributed by atoms with Gasteiger partial charge in [0.25, 0.3) is 5.91 Å². The van der Waals surface area contributed by atoms with Gasteiger partial charge in [-0.3, -0.25) is 9.78 Å². The van der Waals surface area contributed by atoms with Crippen molar-refractivity contribution < 1.29 is 13.7 Å². The van der Waals surface area contributed by atoms with E-state index in [2.05, 4.69) is 45.9 Å². The molecule has 12 heteroatoms. The highest BCUT2D eigenvalue weighted by Crippen LogP contribution is 2.37. The summed E-state index contributed by atoms with van der Waals surface area (Å²) in [6.45, 7) is 10.8. The van der Waals surface area contributed by atoms with Crippen LogP contribution < -0.4 is 20.3 Å². The van der Waals surface area contributed by atoms with Crippen LogP contribution in [0.1, 0.15) is 49.7 Å². The minimum Gasteiger partial charge on any atom is -0.477 e. The number of aromatic nitrogens is 3. The summed E-state index contributed by atoms with van der Waals surface area (Å²) in [5.41, 5.74) is 4.80. The minimum absolute atomic E-state index is 0.263. The molecule has 2 aromatic heterocycles. The third kappa shape index (κ3) is 6.99. The normalized spacial score (nSPS) is 18.5. The van der Waals surface area contributed by atoms with Crippen LogP contribution in [0.15, 0.2) is 45.9 Å². The van der Waals surface area contributed by atoms with E-state index in [4.69, 9.17) is 9.72 Å². The van der Waals surface area contributed by atoms with Gasteiger partial charge in [0.1, 0.15) is 0 Å². The Kier molecular flexibility index (Phi) is 8.65. The maximum atomic E-state index is 13.6. The second kappa shape index (κ2) is 12.2. The van der Waals surface area contributed by atoms with Crippen LogP contribution >= 0.6 is 0 Å². The number of pyridine rings is 1. The molecule has 2 N–H and O–H groups in total. The van der Waals surface area contributed by atoms with Crippen LogP contribution in [-0.2, 0) is 16.3 Å². The fraction of sp³-hybridized carbons (Fsp3) is 0.467. The van der Waals surface area contributed by atoms with E-state index in [-0.39, 0.29) is 11.8 Å². The Morgan fingerprint density at radius 1 is 1.24 bits per heavy atom. The fourth-order valence-corrected chi connectivity index (χ4v) is 5.77. The molecule has 42 heavy (non-hydrogen) atoms. The van der Waals surface area contributed by atoms with Crippen molar-refractivity contribution in [1.29, 1.82) is 0 Å². The van der Waals surface area contributed by atoms with Gasteiger partial charge in [0.2, 0.25) is 11.8 Å². The summed E-state index contributed by atoms with van der Waals surface area (Å²) in [6.07, 6.45) is 6.73. The summed E-state index contributed by atoms with van der Waals surface area (Å²) in [5, 5.41) is 11.4. The van der Waals surface area contributed by atoms with Gasteiger partial charge in [0.05, 0.1) is 47.7 Å². The number of carbonyl (C=O) groups excluding carboxylic acids is 1. The van der Waals surface area contributed by atoms with E-state index in [9.17, 15) is 9.00 Å². The van der Waals surface area contributed by atoms with Gasteiger partial charge in [-0.1, -0.05) is 20.8 Å². The summed E-state index contributed by atoms with van der Waals surface area (Å²) in [4.78, 5) is 24.9. The quantitative estimate of drug-likeness (QED) is 0.431. The van der Waals surface area contributed by atoms with Crippen molar-refractivity contribution in [1.82, 2.24) is 20.1 Å². The van der Waals surface area contributed by atoms with Gasteiger partial charge in [-0.15, -0.1) is 0 Å². The first-order valence-electron chi connectivity index (χ1n) is 14.4. The monoisotopic (exact) mass is 592 g/mol. The molecule has 2 aliphatic rings. The Bertz CT molecular complexity index is 1630. The van der Waals surface area contributed by atoms with E-state index in [1.807, 2.05) is 34.7 Å². The van der Waals surface area contributed by atoms with Gasteiger partial charge < -0.3 is 20.3 Å². The van der Waals surface area contributed by atoms with Gasteiger partial charge >= 0.3 is 0 Å². The Labute approximate surface area is 248 Å². The predicted molar refractivity (Wildman–Crippen MR) is 168 cm³/mol. The van der Waals surface area contributed by atoms with Crippen molar-refractivity contribution in [2.45, 2.75) is 53.1 Å². The number of aryl methyl sites for hydroxylation is 1. The first-order valence-corrected chi connectivity index (χ1v) is 16.7. The van der Waals surface area contributed by atoms with Crippen molar-refractivity contribution in [3.63, 3.8) is 0 Å². The van der Waals surface area contributed by atoms with Crippen LogP contribution in [-0.4, -0.2) is 69.1 Å². The number of ether oxygens (including phenoxy) is 1. The average molecular weight is 593 g/mol. The molecule has 2 aliphatic heterocycles. The molecule has 0 fully saturated rings. The number of aliphatic imine (C=N–C) groups is 1. The van der Waals surface area contributed by atoms with E-state index in [1.54, 1.807) is 30.8 Å². The van der Waals surface area contributed by atoms with Crippen molar-refractivity contribution >= 4 is 38.7 Å². The Hall–Kier alpha value is -3.77. The van der Waals surface area contributed by atoms with Gasteiger partial charge in [0.15, 0.2) is 0 Å². The van der Waals surface area contributed by atoms with Crippen molar-refractivity contribution in [2.24, 2.45) is 15.3 Å². The number of amides is 1. The van der Waals surface area contributed by atoms with Crippen LogP contribution in [0.4, 0.5) is 17.1 Å². The van der Waals surface area contributed by atoms with E-state index in [0.717, 1.165) is 36.3 Å². The summed E-state index contributed by atoms with van der Waals surface area (Å²) in [7, 11) is -2.33. The zero-order chi connectivity index (χ0) is 30.0. The molecular formula is C30H40N8O3S. The topological polar surface area (TPSA) is 126 Å². The summed E-state index contributed by atoms with van der Waals surface area (Å²) >= 11 is 0. The molecule has 0 saturated heterocycles. The van der Waals surface area contributed by atoms with E-state index in [0.29, 0.717) is 60.2 Å². The Morgan fingerprint density at radius 2 is 2.05 bits per heavy atom. The van der Waals surface area contributed by atoms with Gasteiger partial charge in [-0.2, -0.15) is 14.5 Å². The zero-order valence-corrected chi connectivity index (χ0v) is 26.0. The molecule has 3 aromatic rings. The van der Waals surface area contributed by atoms with Crippen LogP contribution in [0, 0.1) is 12.8 Å². The Balaban J connectivity index is 1.54. The average Bonchev–Trinajstić information content (AvgIpc) is 3.45. The van der Waals surface area contributed by atoms with Gasteiger partial charge in [0, 0.05) is 52.6 Å². The van der Waals surface area contributed by atoms with Crippen molar-refractivity contribution in [3.8, 4) is 17.1 Å². The number of guanidine groups is 1. The number of benzene rings is 1. The fourth-order valence-electron chi connectivity index (χ4n) is 5.15. The van der Waals surface area contributed by atoms with E-state index >= 15 is 0 Å². The molecule has 0 radical (unpaired) electrons. The molecule has 1 atom stereocenters. The standard InChI is InChI=1S/C30H40N8O3S/c1-19(2)31-11-12-38-29-24(17-32-38)26-15-22(14-21(4)33-26)28(39)35-30-34-25-10-9-23(36-42(5,6)40)16-27(25)37(30)18-20(3)8-7-13-41-29/h9-10,14-17,19-20,31H,7-8,11-13,18H2,1-6H3,(H,34,35,39). The minimum atomic E-state index is -2.33. The molecule has 5 rings (SSSR count). The van der Waals surface area contributed by atoms with Crippen molar-refractivity contribution in [3.05, 3.63) is 47.8 Å². The summed E-state index contributed by atoms with van der Waals surface area (Å²) in [6, 6.07) is 9.48. The lowest BCUT2D eigenvalue weighted by atomic mass is 10.1. The Morgan fingerprint density at radius 3 is 2.81 bits per heavy atom.